The highest BCUT2D eigenvalue weighted by Crippen LogP contribution is 2.18. The van der Waals surface area contributed by atoms with E-state index in [-0.39, 0.29) is 5.82 Å². The van der Waals surface area contributed by atoms with Crippen LogP contribution < -0.4 is 5.32 Å². The lowest BCUT2D eigenvalue weighted by Crippen LogP contribution is -2.31. The van der Waals surface area contributed by atoms with Gasteiger partial charge in [-0.25, -0.2) is 4.39 Å². The second kappa shape index (κ2) is 6.30. The van der Waals surface area contributed by atoms with E-state index in [9.17, 15) is 4.39 Å². The van der Waals surface area contributed by atoms with Crippen LogP contribution in [0.3, 0.4) is 0 Å². The largest absolute Gasteiger partial charge is 0.313 e. The van der Waals surface area contributed by atoms with E-state index < -0.39 is 0 Å². The Morgan fingerprint density at radius 1 is 1.33 bits per heavy atom. The van der Waals surface area contributed by atoms with Gasteiger partial charge in [-0.05, 0) is 50.4 Å². The molecule has 1 saturated carbocycles. The van der Waals surface area contributed by atoms with Crippen LogP contribution in [-0.2, 0) is 6.42 Å². The summed E-state index contributed by atoms with van der Waals surface area (Å²) in [6.45, 7) is 5.00. The fraction of sp³-hybridized carbons (Fsp3) is 0.600. The van der Waals surface area contributed by atoms with Crippen LogP contribution in [-0.4, -0.2) is 37.6 Å². The Balaban J connectivity index is 1.67. The van der Waals surface area contributed by atoms with E-state index in [1.54, 1.807) is 6.07 Å². The predicted octanol–water partition coefficient (Wildman–Crippen LogP) is 2.36. The third-order valence-electron chi connectivity index (χ3n) is 3.51. The molecule has 1 aliphatic carbocycles. The molecule has 0 bridgehead atoms. The first kappa shape index (κ1) is 13.5. The van der Waals surface area contributed by atoms with E-state index in [1.165, 1.54) is 18.4 Å². The topological polar surface area (TPSA) is 15.3 Å². The molecule has 1 aromatic rings. The van der Waals surface area contributed by atoms with Crippen molar-refractivity contribution in [1.29, 1.82) is 0 Å². The van der Waals surface area contributed by atoms with Gasteiger partial charge in [0.2, 0.25) is 0 Å². The van der Waals surface area contributed by atoms with E-state index in [0.717, 1.165) is 37.7 Å². The number of halogens is 1. The molecule has 3 heteroatoms. The molecule has 0 atom stereocenters. The summed E-state index contributed by atoms with van der Waals surface area (Å²) in [7, 11) is 2.14. The van der Waals surface area contributed by atoms with Gasteiger partial charge in [-0.1, -0.05) is 12.1 Å². The number of hydrogen-bond acceptors (Lipinski definition) is 2. The van der Waals surface area contributed by atoms with Gasteiger partial charge in [-0.15, -0.1) is 0 Å². The molecule has 0 spiro atoms. The Morgan fingerprint density at radius 3 is 2.78 bits per heavy atom. The molecule has 0 amide bonds. The molecule has 0 saturated heterocycles. The SMILES string of the molecule is Cc1cc(CCN(C)CCNC2CC2)ccc1F. The second-order valence-electron chi connectivity index (χ2n) is 5.37. The van der Waals surface area contributed by atoms with Gasteiger partial charge in [0.05, 0.1) is 0 Å². The minimum absolute atomic E-state index is 0.110. The zero-order chi connectivity index (χ0) is 13.0. The Hall–Kier alpha value is -0.930. The number of aryl methyl sites for hydroxylation is 1. The highest BCUT2D eigenvalue weighted by Gasteiger charge is 2.19. The summed E-state index contributed by atoms with van der Waals surface area (Å²) in [4.78, 5) is 2.33. The Kier molecular flexibility index (Phi) is 4.72. The first-order chi connectivity index (χ1) is 8.65. The lowest BCUT2D eigenvalue weighted by atomic mass is 10.1. The van der Waals surface area contributed by atoms with Gasteiger partial charge in [0.1, 0.15) is 5.82 Å². The van der Waals surface area contributed by atoms with Crippen molar-refractivity contribution >= 4 is 0 Å². The molecule has 0 aliphatic heterocycles. The molecular formula is C15H23FN2. The van der Waals surface area contributed by atoms with Crippen LogP contribution in [0.4, 0.5) is 4.39 Å². The Morgan fingerprint density at radius 2 is 2.11 bits per heavy atom. The van der Waals surface area contributed by atoms with E-state index in [1.807, 2.05) is 19.1 Å². The van der Waals surface area contributed by atoms with Crippen LogP contribution in [0.15, 0.2) is 18.2 Å². The standard InChI is InChI=1S/C15H23FN2/c1-12-11-13(3-6-15(12)16)7-9-18(2)10-8-17-14-4-5-14/h3,6,11,14,17H,4-5,7-10H2,1-2H3. The van der Waals surface area contributed by atoms with Crippen molar-refractivity contribution < 1.29 is 4.39 Å². The summed E-state index contributed by atoms with van der Waals surface area (Å²) in [5, 5.41) is 3.51. The maximum atomic E-state index is 13.1. The van der Waals surface area contributed by atoms with Crippen molar-refractivity contribution in [2.45, 2.75) is 32.2 Å². The van der Waals surface area contributed by atoms with Crippen LogP contribution in [0, 0.1) is 12.7 Å². The molecule has 100 valence electrons. The maximum Gasteiger partial charge on any atom is 0.126 e. The quantitative estimate of drug-likeness (QED) is 0.799. The van der Waals surface area contributed by atoms with Crippen molar-refractivity contribution in [2.24, 2.45) is 0 Å². The van der Waals surface area contributed by atoms with Gasteiger partial charge in [-0.3, -0.25) is 0 Å². The minimum Gasteiger partial charge on any atom is -0.313 e. The summed E-state index contributed by atoms with van der Waals surface area (Å²) in [6, 6.07) is 6.20. The summed E-state index contributed by atoms with van der Waals surface area (Å²) in [5.41, 5.74) is 1.96. The number of rotatable bonds is 7. The third-order valence-corrected chi connectivity index (χ3v) is 3.51. The van der Waals surface area contributed by atoms with Gasteiger partial charge in [0.25, 0.3) is 0 Å². The van der Waals surface area contributed by atoms with Crippen molar-refractivity contribution in [3.05, 3.63) is 35.1 Å². The maximum absolute atomic E-state index is 13.1. The van der Waals surface area contributed by atoms with Crippen LogP contribution in [0.5, 0.6) is 0 Å². The molecule has 1 fully saturated rings. The number of benzene rings is 1. The number of nitrogens with one attached hydrogen (secondary N) is 1. The smallest absolute Gasteiger partial charge is 0.126 e. The highest BCUT2D eigenvalue weighted by molar-refractivity contribution is 5.24. The van der Waals surface area contributed by atoms with Gasteiger partial charge in [0, 0.05) is 25.7 Å². The second-order valence-corrected chi connectivity index (χ2v) is 5.37. The molecular weight excluding hydrogens is 227 g/mol. The first-order valence-corrected chi connectivity index (χ1v) is 6.82. The Bertz CT molecular complexity index is 388. The van der Waals surface area contributed by atoms with Crippen molar-refractivity contribution in [3.8, 4) is 0 Å². The molecule has 2 nitrogen and oxygen atoms in total. The van der Waals surface area contributed by atoms with E-state index >= 15 is 0 Å². The lowest BCUT2D eigenvalue weighted by Gasteiger charge is -2.17. The first-order valence-electron chi connectivity index (χ1n) is 6.82. The van der Waals surface area contributed by atoms with E-state index in [2.05, 4.69) is 17.3 Å². The van der Waals surface area contributed by atoms with E-state index in [4.69, 9.17) is 0 Å². The molecule has 18 heavy (non-hydrogen) atoms. The minimum atomic E-state index is -0.110. The van der Waals surface area contributed by atoms with Crippen LogP contribution in [0.1, 0.15) is 24.0 Å². The number of hydrogen-bond donors (Lipinski definition) is 1. The fourth-order valence-electron chi connectivity index (χ4n) is 2.04. The molecule has 1 aliphatic rings. The predicted molar refractivity (Wildman–Crippen MR) is 73.4 cm³/mol. The summed E-state index contributed by atoms with van der Waals surface area (Å²) >= 11 is 0. The van der Waals surface area contributed by atoms with Gasteiger partial charge in [0.15, 0.2) is 0 Å². The monoisotopic (exact) mass is 250 g/mol. The molecule has 0 aromatic heterocycles. The summed E-state index contributed by atoms with van der Waals surface area (Å²) < 4.78 is 13.1. The Labute approximate surface area is 109 Å². The van der Waals surface area contributed by atoms with Crippen LogP contribution in [0.25, 0.3) is 0 Å². The number of likely N-dealkylation sites (N-methyl/N-ethyl adjacent to an activating group) is 1. The lowest BCUT2D eigenvalue weighted by molar-refractivity contribution is 0.335. The molecule has 0 heterocycles. The summed E-state index contributed by atoms with van der Waals surface area (Å²) in [6.07, 6.45) is 3.68. The molecule has 1 aromatic carbocycles. The fourth-order valence-corrected chi connectivity index (χ4v) is 2.04. The van der Waals surface area contributed by atoms with Crippen LogP contribution in [0.2, 0.25) is 0 Å². The van der Waals surface area contributed by atoms with Gasteiger partial charge in [-0.2, -0.15) is 0 Å². The average molecular weight is 250 g/mol. The van der Waals surface area contributed by atoms with Crippen molar-refractivity contribution in [2.75, 3.05) is 26.7 Å². The third kappa shape index (κ3) is 4.39. The summed E-state index contributed by atoms with van der Waals surface area (Å²) in [5.74, 6) is -0.110. The normalized spacial score (nSPS) is 15.3. The number of nitrogens with zero attached hydrogens (tertiary/aromatic N) is 1. The zero-order valence-corrected chi connectivity index (χ0v) is 11.4. The molecule has 0 radical (unpaired) electrons. The van der Waals surface area contributed by atoms with Crippen LogP contribution >= 0.6 is 0 Å². The van der Waals surface area contributed by atoms with Crippen molar-refractivity contribution in [1.82, 2.24) is 10.2 Å². The zero-order valence-electron chi connectivity index (χ0n) is 11.4. The van der Waals surface area contributed by atoms with Gasteiger partial charge >= 0.3 is 0 Å². The molecule has 1 N–H and O–H groups in total. The average Bonchev–Trinajstić information content (AvgIpc) is 3.15. The van der Waals surface area contributed by atoms with Crippen molar-refractivity contribution in [3.63, 3.8) is 0 Å². The molecule has 0 unspecified atom stereocenters. The highest BCUT2D eigenvalue weighted by atomic mass is 19.1. The van der Waals surface area contributed by atoms with Gasteiger partial charge < -0.3 is 10.2 Å². The van der Waals surface area contributed by atoms with E-state index in [0.29, 0.717) is 0 Å². The molecule has 2 rings (SSSR count).